The summed E-state index contributed by atoms with van der Waals surface area (Å²) in [7, 11) is 0. The second kappa shape index (κ2) is 6.62. The average molecular weight is 237 g/mol. The highest BCUT2D eigenvalue weighted by Gasteiger charge is 2.06. The molecule has 1 aromatic carbocycles. The van der Waals surface area contributed by atoms with Crippen LogP contribution in [-0.2, 0) is 0 Å². The second-order valence-corrected chi connectivity index (χ2v) is 4.57. The van der Waals surface area contributed by atoms with E-state index in [9.17, 15) is 5.11 Å². The minimum absolute atomic E-state index is 0.355. The van der Waals surface area contributed by atoms with E-state index in [1.165, 1.54) is 11.1 Å². The first-order chi connectivity index (χ1) is 8.04. The van der Waals surface area contributed by atoms with Gasteiger partial charge >= 0.3 is 0 Å². The van der Waals surface area contributed by atoms with E-state index in [4.69, 9.17) is 10.5 Å². The second-order valence-electron chi connectivity index (χ2n) is 4.57. The summed E-state index contributed by atoms with van der Waals surface area (Å²) in [6, 6.07) is 4.18. The van der Waals surface area contributed by atoms with Gasteiger partial charge in [0.05, 0.1) is 12.7 Å². The van der Waals surface area contributed by atoms with Crippen molar-refractivity contribution in [3.8, 4) is 5.75 Å². The van der Waals surface area contributed by atoms with Crippen molar-refractivity contribution in [1.29, 1.82) is 0 Å². The predicted octanol–water partition coefficient (Wildman–Crippen LogP) is 2.09. The standard InChI is InChI=1S/C14H23NO2/c1-10-8-12(3)14(9-11(10)2)17-7-5-13(16)4-6-15/h8-9,13,16H,4-7,15H2,1-3H3. The van der Waals surface area contributed by atoms with Crippen molar-refractivity contribution in [3.05, 3.63) is 28.8 Å². The molecule has 0 aliphatic carbocycles. The van der Waals surface area contributed by atoms with Gasteiger partial charge in [0.15, 0.2) is 0 Å². The van der Waals surface area contributed by atoms with Crippen LogP contribution >= 0.6 is 0 Å². The third-order valence-corrected chi connectivity index (χ3v) is 3.00. The van der Waals surface area contributed by atoms with E-state index in [0.29, 0.717) is 26.0 Å². The summed E-state index contributed by atoms with van der Waals surface area (Å²) in [4.78, 5) is 0. The summed E-state index contributed by atoms with van der Waals surface area (Å²) in [5, 5.41) is 9.54. The van der Waals surface area contributed by atoms with Crippen LogP contribution in [0, 0.1) is 20.8 Å². The van der Waals surface area contributed by atoms with E-state index in [1.807, 2.05) is 6.92 Å². The zero-order chi connectivity index (χ0) is 12.8. The minimum atomic E-state index is -0.355. The van der Waals surface area contributed by atoms with Gasteiger partial charge in [-0.25, -0.2) is 0 Å². The van der Waals surface area contributed by atoms with Crippen molar-refractivity contribution in [1.82, 2.24) is 0 Å². The molecule has 1 atom stereocenters. The number of hydrogen-bond donors (Lipinski definition) is 2. The molecule has 3 nitrogen and oxygen atoms in total. The highest BCUT2D eigenvalue weighted by Crippen LogP contribution is 2.22. The smallest absolute Gasteiger partial charge is 0.122 e. The first-order valence-electron chi connectivity index (χ1n) is 6.13. The van der Waals surface area contributed by atoms with E-state index in [1.54, 1.807) is 0 Å². The molecule has 1 aromatic rings. The van der Waals surface area contributed by atoms with Crippen LogP contribution in [-0.4, -0.2) is 24.4 Å². The van der Waals surface area contributed by atoms with E-state index in [-0.39, 0.29) is 6.10 Å². The molecule has 0 aliphatic rings. The van der Waals surface area contributed by atoms with Crippen molar-refractivity contribution in [2.24, 2.45) is 5.73 Å². The van der Waals surface area contributed by atoms with Gasteiger partial charge in [0.25, 0.3) is 0 Å². The molecular formula is C14H23NO2. The van der Waals surface area contributed by atoms with Crippen molar-refractivity contribution >= 4 is 0 Å². The molecular weight excluding hydrogens is 214 g/mol. The Bertz CT molecular complexity index is 363. The van der Waals surface area contributed by atoms with E-state index in [2.05, 4.69) is 26.0 Å². The summed E-state index contributed by atoms with van der Waals surface area (Å²) in [5.41, 5.74) is 9.02. The number of ether oxygens (including phenoxy) is 1. The van der Waals surface area contributed by atoms with Gasteiger partial charge < -0.3 is 15.6 Å². The van der Waals surface area contributed by atoms with E-state index in [0.717, 1.165) is 11.3 Å². The lowest BCUT2D eigenvalue weighted by atomic mass is 10.1. The number of hydrogen-bond acceptors (Lipinski definition) is 3. The lowest BCUT2D eigenvalue weighted by molar-refractivity contribution is 0.133. The van der Waals surface area contributed by atoms with Gasteiger partial charge in [-0.15, -0.1) is 0 Å². The Morgan fingerprint density at radius 2 is 1.76 bits per heavy atom. The maximum atomic E-state index is 9.54. The maximum Gasteiger partial charge on any atom is 0.122 e. The SMILES string of the molecule is Cc1cc(C)c(OCCC(O)CCN)cc1C. The zero-order valence-electron chi connectivity index (χ0n) is 11.0. The number of aliphatic hydroxyl groups excluding tert-OH is 1. The van der Waals surface area contributed by atoms with Gasteiger partial charge in [-0.2, -0.15) is 0 Å². The number of nitrogens with two attached hydrogens (primary N) is 1. The van der Waals surface area contributed by atoms with Crippen LogP contribution in [0.3, 0.4) is 0 Å². The fourth-order valence-electron chi connectivity index (χ4n) is 1.73. The first-order valence-corrected chi connectivity index (χ1v) is 6.13. The van der Waals surface area contributed by atoms with E-state index >= 15 is 0 Å². The summed E-state index contributed by atoms with van der Waals surface area (Å²) < 4.78 is 5.69. The predicted molar refractivity (Wildman–Crippen MR) is 70.4 cm³/mol. The molecule has 1 rings (SSSR count). The van der Waals surface area contributed by atoms with Crippen LogP contribution < -0.4 is 10.5 Å². The fourth-order valence-corrected chi connectivity index (χ4v) is 1.73. The van der Waals surface area contributed by atoms with Gasteiger partial charge in [-0.3, -0.25) is 0 Å². The largest absolute Gasteiger partial charge is 0.493 e. The van der Waals surface area contributed by atoms with Gasteiger partial charge in [-0.1, -0.05) is 6.07 Å². The molecule has 0 saturated heterocycles. The zero-order valence-corrected chi connectivity index (χ0v) is 11.0. The normalized spacial score (nSPS) is 12.5. The van der Waals surface area contributed by atoms with Crippen molar-refractivity contribution in [3.63, 3.8) is 0 Å². The molecule has 0 amide bonds. The lowest BCUT2D eigenvalue weighted by Crippen LogP contribution is -2.16. The molecule has 0 heterocycles. The van der Waals surface area contributed by atoms with Crippen molar-refractivity contribution < 1.29 is 9.84 Å². The number of aliphatic hydroxyl groups is 1. The van der Waals surface area contributed by atoms with Gasteiger partial charge in [0.2, 0.25) is 0 Å². The molecule has 0 aliphatic heterocycles. The highest BCUT2D eigenvalue weighted by atomic mass is 16.5. The van der Waals surface area contributed by atoms with Gasteiger partial charge in [-0.05, 0) is 56.5 Å². The van der Waals surface area contributed by atoms with Crippen LogP contribution in [0.1, 0.15) is 29.5 Å². The van der Waals surface area contributed by atoms with Crippen molar-refractivity contribution in [2.75, 3.05) is 13.2 Å². The Morgan fingerprint density at radius 3 is 2.41 bits per heavy atom. The van der Waals surface area contributed by atoms with Gasteiger partial charge in [0.1, 0.15) is 5.75 Å². The molecule has 0 bridgehead atoms. The summed E-state index contributed by atoms with van der Waals surface area (Å²) in [5.74, 6) is 0.910. The molecule has 3 heteroatoms. The maximum absolute atomic E-state index is 9.54. The molecule has 0 aromatic heterocycles. The summed E-state index contributed by atoms with van der Waals surface area (Å²) in [6.45, 7) is 7.26. The van der Waals surface area contributed by atoms with Crippen molar-refractivity contribution in [2.45, 2.75) is 39.7 Å². The summed E-state index contributed by atoms with van der Waals surface area (Å²) >= 11 is 0. The molecule has 0 spiro atoms. The molecule has 0 saturated carbocycles. The summed E-state index contributed by atoms with van der Waals surface area (Å²) in [6.07, 6.45) is 0.908. The Kier molecular flexibility index (Phi) is 5.45. The monoisotopic (exact) mass is 237 g/mol. The number of rotatable bonds is 6. The Balaban J connectivity index is 2.49. The third-order valence-electron chi connectivity index (χ3n) is 3.00. The quantitative estimate of drug-likeness (QED) is 0.796. The Morgan fingerprint density at radius 1 is 1.12 bits per heavy atom. The van der Waals surface area contributed by atoms with Crippen LogP contribution in [0.4, 0.5) is 0 Å². The number of aryl methyl sites for hydroxylation is 3. The van der Waals surface area contributed by atoms with Crippen LogP contribution in [0.2, 0.25) is 0 Å². The third kappa shape index (κ3) is 4.36. The van der Waals surface area contributed by atoms with Crippen LogP contribution in [0.25, 0.3) is 0 Å². The number of benzene rings is 1. The molecule has 17 heavy (non-hydrogen) atoms. The van der Waals surface area contributed by atoms with Crippen LogP contribution in [0.15, 0.2) is 12.1 Å². The van der Waals surface area contributed by atoms with E-state index < -0.39 is 0 Å². The topological polar surface area (TPSA) is 55.5 Å². The molecule has 1 unspecified atom stereocenters. The molecule has 96 valence electrons. The van der Waals surface area contributed by atoms with Crippen LogP contribution in [0.5, 0.6) is 5.75 Å². The first kappa shape index (κ1) is 14.0. The Labute approximate surface area is 104 Å². The average Bonchev–Trinajstić information content (AvgIpc) is 2.26. The Hall–Kier alpha value is -1.06. The molecule has 0 radical (unpaired) electrons. The van der Waals surface area contributed by atoms with Gasteiger partial charge in [0, 0.05) is 6.42 Å². The minimum Gasteiger partial charge on any atom is -0.493 e. The highest BCUT2D eigenvalue weighted by molar-refractivity contribution is 5.40. The molecule has 3 N–H and O–H groups in total. The fraction of sp³-hybridized carbons (Fsp3) is 0.571. The molecule has 0 fully saturated rings. The lowest BCUT2D eigenvalue weighted by Gasteiger charge is -2.13.